The summed E-state index contributed by atoms with van der Waals surface area (Å²) in [6, 6.07) is 1.93. The molecule has 2 N–H and O–H groups in total. The normalized spacial score (nSPS) is 11.5. The standard InChI is InChI=1S/C15H24N6/c1-15(2,3)14-19-12(16-4)8-13(20-14)17-7-6-11-9-18-21(5)10-11/h8-10H,6-7H2,1-5H3,(H2,16,17,19,20). The number of rotatable bonds is 5. The Labute approximate surface area is 126 Å². The van der Waals surface area contributed by atoms with Gasteiger partial charge in [0.15, 0.2) is 0 Å². The molecule has 0 amide bonds. The number of hydrogen-bond donors (Lipinski definition) is 2. The van der Waals surface area contributed by atoms with Crippen molar-refractivity contribution < 1.29 is 0 Å². The maximum absolute atomic E-state index is 4.61. The average molecular weight is 288 g/mol. The van der Waals surface area contributed by atoms with Crippen LogP contribution in [0.3, 0.4) is 0 Å². The number of anilines is 2. The molecular formula is C15H24N6. The summed E-state index contributed by atoms with van der Waals surface area (Å²) in [7, 11) is 3.80. The first-order valence-corrected chi connectivity index (χ1v) is 7.17. The first kappa shape index (κ1) is 15.3. The van der Waals surface area contributed by atoms with Gasteiger partial charge in [-0.1, -0.05) is 20.8 Å². The highest BCUT2D eigenvalue weighted by Gasteiger charge is 2.18. The van der Waals surface area contributed by atoms with Gasteiger partial charge in [0.05, 0.1) is 6.20 Å². The van der Waals surface area contributed by atoms with Gasteiger partial charge in [0.2, 0.25) is 0 Å². The molecule has 0 saturated heterocycles. The Morgan fingerprint density at radius 2 is 1.90 bits per heavy atom. The van der Waals surface area contributed by atoms with Crippen LogP contribution in [0.1, 0.15) is 32.2 Å². The number of nitrogens with one attached hydrogen (secondary N) is 2. The first-order valence-electron chi connectivity index (χ1n) is 7.17. The van der Waals surface area contributed by atoms with Crippen LogP contribution in [0.2, 0.25) is 0 Å². The lowest BCUT2D eigenvalue weighted by Crippen LogP contribution is -2.18. The lowest BCUT2D eigenvalue weighted by molar-refractivity contribution is 0.546. The maximum atomic E-state index is 4.61. The lowest BCUT2D eigenvalue weighted by atomic mass is 9.96. The van der Waals surface area contributed by atoms with Crippen LogP contribution in [0.25, 0.3) is 0 Å². The zero-order valence-electron chi connectivity index (χ0n) is 13.4. The highest BCUT2D eigenvalue weighted by Crippen LogP contribution is 2.22. The largest absolute Gasteiger partial charge is 0.373 e. The molecule has 21 heavy (non-hydrogen) atoms. The van der Waals surface area contributed by atoms with Crippen LogP contribution in [0.5, 0.6) is 0 Å². The van der Waals surface area contributed by atoms with Gasteiger partial charge in [0.25, 0.3) is 0 Å². The molecule has 0 atom stereocenters. The molecule has 0 spiro atoms. The smallest absolute Gasteiger partial charge is 0.138 e. The van der Waals surface area contributed by atoms with Gasteiger partial charge in [-0.05, 0) is 12.0 Å². The molecule has 0 unspecified atom stereocenters. The summed E-state index contributed by atoms with van der Waals surface area (Å²) in [5.74, 6) is 2.51. The number of aromatic nitrogens is 4. The molecule has 0 fully saturated rings. The van der Waals surface area contributed by atoms with Crippen LogP contribution in [0.4, 0.5) is 11.6 Å². The van der Waals surface area contributed by atoms with E-state index in [1.165, 1.54) is 5.56 Å². The van der Waals surface area contributed by atoms with Crippen LogP contribution in [-0.4, -0.2) is 33.3 Å². The molecule has 2 aromatic rings. The van der Waals surface area contributed by atoms with Crippen LogP contribution >= 0.6 is 0 Å². The maximum Gasteiger partial charge on any atom is 0.138 e. The van der Waals surface area contributed by atoms with Crippen molar-refractivity contribution in [2.75, 3.05) is 24.2 Å². The fraction of sp³-hybridized carbons (Fsp3) is 0.533. The molecule has 0 saturated carbocycles. The van der Waals surface area contributed by atoms with E-state index in [2.05, 4.69) is 46.5 Å². The molecule has 114 valence electrons. The predicted molar refractivity (Wildman–Crippen MR) is 85.7 cm³/mol. The van der Waals surface area contributed by atoms with Crippen LogP contribution in [0.15, 0.2) is 18.5 Å². The Morgan fingerprint density at radius 1 is 1.19 bits per heavy atom. The summed E-state index contributed by atoms with van der Waals surface area (Å²) in [6.45, 7) is 7.15. The van der Waals surface area contributed by atoms with Gasteiger partial charge < -0.3 is 10.6 Å². The molecule has 2 heterocycles. The Balaban J connectivity index is 2.05. The average Bonchev–Trinajstić information content (AvgIpc) is 2.83. The zero-order valence-corrected chi connectivity index (χ0v) is 13.4. The van der Waals surface area contributed by atoms with Crippen LogP contribution < -0.4 is 10.6 Å². The Kier molecular flexibility index (Phi) is 4.45. The highest BCUT2D eigenvalue weighted by atomic mass is 15.2. The third-order valence-electron chi connectivity index (χ3n) is 3.13. The van der Waals surface area contributed by atoms with Crippen molar-refractivity contribution in [1.82, 2.24) is 19.7 Å². The molecule has 0 aromatic carbocycles. The minimum Gasteiger partial charge on any atom is -0.373 e. The fourth-order valence-electron chi connectivity index (χ4n) is 1.94. The molecule has 0 aliphatic rings. The van der Waals surface area contributed by atoms with Crippen molar-refractivity contribution in [3.63, 3.8) is 0 Å². The van der Waals surface area contributed by atoms with Gasteiger partial charge in [0, 0.05) is 38.3 Å². The van der Waals surface area contributed by atoms with E-state index in [0.29, 0.717) is 0 Å². The SMILES string of the molecule is CNc1cc(NCCc2cnn(C)c2)nc(C(C)(C)C)n1. The molecule has 2 rings (SSSR count). The number of hydrogen-bond acceptors (Lipinski definition) is 5. The third-order valence-corrected chi connectivity index (χ3v) is 3.13. The second-order valence-corrected chi connectivity index (χ2v) is 6.16. The second kappa shape index (κ2) is 6.11. The van der Waals surface area contributed by atoms with Crippen LogP contribution in [-0.2, 0) is 18.9 Å². The summed E-state index contributed by atoms with van der Waals surface area (Å²) >= 11 is 0. The second-order valence-electron chi connectivity index (χ2n) is 6.16. The van der Waals surface area contributed by atoms with E-state index in [4.69, 9.17) is 0 Å². The molecule has 0 bridgehead atoms. The molecule has 6 nitrogen and oxygen atoms in total. The van der Waals surface area contributed by atoms with Crippen molar-refractivity contribution in [2.24, 2.45) is 7.05 Å². The van der Waals surface area contributed by atoms with E-state index in [9.17, 15) is 0 Å². The Morgan fingerprint density at radius 3 is 2.48 bits per heavy atom. The molecule has 6 heteroatoms. The van der Waals surface area contributed by atoms with E-state index < -0.39 is 0 Å². The fourth-order valence-corrected chi connectivity index (χ4v) is 1.94. The van der Waals surface area contributed by atoms with Crippen molar-refractivity contribution in [1.29, 1.82) is 0 Å². The Hall–Kier alpha value is -2.11. The lowest BCUT2D eigenvalue weighted by Gasteiger charge is -2.18. The monoisotopic (exact) mass is 288 g/mol. The van der Waals surface area contributed by atoms with Crippen LogP contribution in [0, 0.1) is 0 Å². The number of aryl methyl sites for hydroxylation is 1. The Bertz CT molecular complexity index is 596. The van der Waals surface area contributed by atoms with Gasteiger partial charge in [-0.2, -0.15) is 5.10 Å². The minimum atomic E-state index is -0.0767. The summed E-state index contributed by atoms with van der Waals surface area (Å²) in [4.78, 5) is 9.12. The minimum absolute atomic E-state index is 0.0767. The van der Waals surface area contributed by atoms with E-state index in [-0.39, 0.29) is 5.41 Å². The summed E-state index contributed by atoms with van der Waals surface area (Å²) in [6.07, 6.45) is 4.83. The van der Waals surface area contributed by atoms with Gasteiger partial charge in [-0.3, -0.25) is 4.68 Å². The quantitative estimate of drug-likeness (QED) is 0.883. The van der Waals surface area contributed by atoms with E-state index >= 15 is 0 Å². The summed E-state index contributed by atoms with van der Waals surface area (Å²) in [5, 5.41) is 10.6. The van der Waals surface area contributed by atoms with E-state index in [1.807, 2.05) is 37.2 Å². The highest BCUT2D eigenvalue weighted by molar-refractivity contribution is 5.47. The van der Waals surface area contributed by atoms with Gasteiger partial charge in [0.1, 0.15) is 17.5 Å². The van der Waals surface area contributed by atoms with E-state index in [1.54, 1.807) is 0 Å². The van der Waals surface area contributed by atoms with Gasteiger partial charge in [-0.25, -0.2) is 9.97 Å². The van der Waals surface area contributed by atoms with Crippen molar-refractivity contribution >= 4 is 11.6 Å². The third kappa shape index (κ3) is 4.18. The first-order chi connectivity index (χ1) is 9.88. The number of nitrogens with zero attached hydrogens (tertiary/aromatic N) is 4. The molecule has 2 aromatic heterocycles. The van der Waals surface area contributed by atoms with Crippen molar-refractivity contribution in [2.45, 2.75) is 32.6 Å². The van der Waals surface area contributed by atoms with E-state index in [0.717, 1.165) is 30.4 Å². The predicted octanol–water partition coefficient (Wildman–Crippen LogP) is 2.20. The summed E-state index contributed by atoms with van der Waals surface area (Å²) < 4.78 is 1.82. The molecule has 0 aliphatic carbocycles. The topological polar surface area (TPSA) is 67.7 Å². The van der Waals surface area contributed by atoms with Crippen molar-refractivity contribution in [3.05, 3.63) is 29.8 Å². The van der Waals surface area contributed by atoms with Gasteiger partial charge in [-0.15, -0.1) is 0 Å². The molecule has 0 aliphatic heterocycles. The molecule has 0 radical (unpaired) electrons. The molecular weight excluding hydrogens is 264 g/mol. The van der Waals surface area contributed by atoms with Crippen molar-refractivity contribution in [3.8, 4) is 0 Å². The summed E-state index contributed by atoms with van der Waals surface area (Å²) in [5.41, 5.74) is 1.14. The zero-order chi connectivity index (χ0) is 15.5. The van der Waals surface area contributed by atoms with Gasteiger partial charge >= 0.3 is 0 Å².